The molecule has 0 atom stereocenters. The van der Waals surface area contributed by atoms with Crippen LogP contribution in [0.25, 0.3) is 0 Å². The summed E-state index contributed by atoms with van der Waals surface area (Å²) in [4.78, 5) is 11.8. The second kappa shape index (κ2) is 5.71. The Balaban J connectivity index is 2.92. The van der Waals surface area contributed by atoms with E-state index >= 15 is 0 Å². The molecule has 0 amide bonds. The van der Waals surface area contributed by atoms with Gasteiger partial charge in [0.2, 0.25) is 0 Å². The molecule has 0 heterocycles. The van der Waals surface area contributed by atoms with Gasteiger partial charge in [0, 0.05) is 0 Å². The molecule has 0 fully saturated rings. The van der Waals surface area contributed by atoms with Crippen molar-refractivity contribution in [1.29, 1.82) is 0 Å². The van der Waals surface area contributed by atoms with E-state index < -0.39 is 0 Å². The first-order chi connectivity index (χ1) is 7.88. The summed E-state index contributed by atoms with van der Waals surface area (Å²) in [5, 5.41) is 0. The molecule has 1 aromatic rings. The van der Waals surface area contributed by atoms with Crippen molar-refractivity contribution >= 4 is 5.97 Å². The molecule has 0 aliphatic carbocycles. The van der Waals surface area contributed by atoms with Crippen LogP contribution < -0.4 is 4.74 Å². The van der Waals surface area contributed by atoms with Crippen molar-refractivity contribution in [2.24, 2.45) is 0 Å². The van der Waals surface area contributed by atoms with Crippen molar-refractivity contribution in [2.75, 3.05) is 0 Å². The van der Waals surface area contributed by atoms with E-state index in [1.165, 1.54) is 0 Å². The Morgan fingerprint density at radius 1 is 1.06 bits per heavy atom. The summed E-state index contributed by atoms with van der Waals surface area (Å²) in [5.74, 6) is 0.396. The third-order valence-corrected chi connectivity index (χ3v) is 2.00. The quantitative estimate of drug-likeness (QED) is 0.752. The Bertz CT molecular complexity index is 394. The van der Waals surface area contributed by atoms with Gasteiger partial charge in [0.15, 0.2) is 0 Å². The normalized spacial score (nSPS) is 10.8. The molecule has 0 spiro atoms. The van der Waals surface area contributed by atoms with Gasteiger partial charge in [-0.1, -0.05) is 0 Å². The predicted molar refractivity (Wildman–Crippen MR) is 67.5 cm³/mol. The fourth-order valence-electron chi connectivity index (χ4n) is 1.49. The molecule has 0 N–H and O–H groups in total. The van der Waals surface area contributed by atoms with E-state index in [4.69, 9.17) is 9.47 Å². The van der Waals surface area contributed by atoms with Gasteiger partial charge in [0.1, 0.15) is 5.75 Å². The van der Waals surface area contributed by atoms with Crippen molar-refractivity contribution < 1.29 is 14.3 Å². The van der Waals surface area contributed by atoms with E-state index in [2.05, 4.69) is 0 Å². The zero-order valence-electron chi connectivity index (χ0n) is 11.1. The topological polar surface area (TPSA) is 35.5 Å². The minimum atomic E-state index is -0.308. The number of benzene rings is 1. The molecular weight excluding hydrogens is 216 g/mol. The summed E-state index contributed by atoms with van der Waals surface area (Å²) < 4.78 is 10.7. The van der Waals surface area contributed by atoms with Crippen molar-refractivity contribution in [3.8, 4) is 5.75 Å². The fraction of sp³-hybridized carbons (Fsp3) is 0.500. The summed E-state index contributed by atoms with van der Waals surface area (Å²) in [7, 11) is 0. The average Bonchev–Trinajstić information content (AvgIpc) is 2.14. The molecule has 0 saturated carbocycles. The summed E-state index contributed by atoms with van der Waals surface area (Å²) in [6, 6.07) is 5.43. The van der Waals surface area contributed by atoms with Gasteiger partial charge < -0.3 is 9.47 Å². The number of rotatable bonds is 4. The van der Waals surface area contributed by atoms with Crippen molar-refractivity contribution in [3.63, 3.8) is 0 Å². The van der Waals surface area contributed by atoms with Crippen molar-refractivity contribution in [2.45, 2.75) is 46.8 Å². The van der Waals surface area contributed by atoms with Crippen LogP contribution in [0.5, 0.6) is 5.75 Å². The summed E-state index contributed by atoms with van der Waals surface area (Å²) in [6.45, 7) is 9.50. The zero-order chi connectivity index (χ0) is 13.0. The summed E-state index contributed by atoms with van der Waals surface area (Å²) in [6.07, 6.45) is -0.0248. The number of aryl methyl sites for hydroxylation is 1. The number of hydrogen-bond acceptors (Lipinski definition) is 3. The van der Waals surface area contributed by atoms with E-state index in [0.29, 0.717) is 11.3 Å². The minimum Gasteiger partial charge on any atom is -0.491 e. The highest BCUT2D eigenvalue weighted by atomic mass is 16.5. The first-order valence-corrected chi connectivity index (χ1v) is 5.88. The smallest absolute Gasteiger partial charge is 0.338 e. The van der Waals surface area contributed by atoms with E-state index in [-0.39, 0.29) is 18.2 Å². The van der Waals surface area contributed by atoms with E-state index in [9.17, 15) is 4.79 Å². The van der Waals surface area contributed by atoms with Gasteiger partial charge in [-0.2, -0.15) is 0 Å². The highest BCUT2D eigenvalue weighted by Gasteiger charge is 2.11. The molecule has 0 aliphatic heterocycles. The van der Waals surface area contributed by atoms with Crippen molar-refractivity contribution in [1.82, 2.24) is 0 Å². The number of carbonyl (C=O) groups is 1. The Labute approximate surface area is 103 Å². The monoisotopic (exact) mass is 236 g/mol. The second-order valence-electron chi connectivity index (χ2n) is 4.66. The van der Waals surface area contributed by atoms with Crippen LogP contribution in [0, 0.1) is 6.92 Å². The summed E-state index contributed by atoms with van der Waals surface area (Å²) in [5.41, 5.74) is 1.52. The van der Waals surface area contributed by atoms with Gasteiger partial charge in [-0.25, -0.2) is 4.79 Å². The standard InChI is InChI=1S/C14H20O3/c1-9(2)16-13-7-11(5)6-12(8-13)14(15)17-10(3)4/h6-10H,1-5H3. The lowest BCUT2D eigenvalue weighted by molar-refractivity contribution is 0.0377. The number of carbonyl (C=O) groups excluding carboxylic acids is 1. The third-order valence-electron chi connectivity index (χ3n) is 2.00. The molecule has 1 rings (SSSR count). The fourth-order valence-corrected chi connectivity index (χ4v) is 1.49. The molecule has 0 radical (unpaired) electrons. The van der Waals surface area contributed by atoms with Crippen LogP contribution in [0.4, 0.5) is 0 Å². The molecule has 94 valence electrons. The number of esters is 1. The third kappa shape index (κ3) is 4.47. The van der Waals surface area contributed by atoms with E-state index in [0.717, 1.165) is 5.56 Å². The molecule has 0 unspecified atom stereocenters. The van der Waals surface area contributed by atoms with E-state index in [1.54, 1.807) is 12.1 Å². The molecule has 0 aliphatic rings. The Kier molecular flexibility index (Phi) is 4.55. The van der Waals surface area contributed by atoms with Gasteiger partial charge in [0.05, 0.1) is 17.8 Å². The van der Waals surface area contributed by atoms with Gasteiger partial charge in [0.25, 0.3) is 0 Å². The van der Waals surface area contributed by atoms with E-state index in [1.807, 2.05) is 40.7 Å². The molecule has 0 bridgehead atoms. The molecule has 0 aromatic heterocycles. The van der Waals surface area contributed by atoms with Crippen LogP contribution in [0.3, 0.4) is 0 Å². The number of ether oxygens (including phenoxy) is 2. The zero-order valence-corrected chi connectivity index (χ0v) is 11.1. The highest BCUT2D eigenvalue weighted by molar-refractivity contribution is 5.90. The minimum absolute atomic E-state index is 0.0887. The lowest BCUT2D eigenvalue weighted by Gasteiger charge is -2.13. The molecule has 17 heavy (non-hydrogen) atoms. The maximum atomic E-state index is 11.8. The van der Waals surface area contributed by atoms with Crippen molar-refractivity contribution in [3.05, 3.63) is 29.3 Å². The van der Waals surface area contributed by atoms with Gasteiger partial charge in [-0.05, 0) is 58.4 Å². The first kappa shape index (κ1) is 13.6. The Hall–Kier alpha value is -1.51. The SMILES string of the molecule is Cc1cc(OC(C)C)cc(C(=O)OC(C)C)c1. The van der Waals surface area contributed by atoms with Gasteiger partial charge >= 0.3 is 5.97 Å². The maximum Gasteiger partial charge on any atom is 0.338 e. The second-order valence-corrected chi connectivity index (χ2v) is 4.66. The maximum absolute atomic E-state index is 11.8. The lowest BCUT2D eigenvalue weighted by Crippen LogP contribution is -2.12. The number of hydrogen-bond donors (Lipinski definition) is 0. The van der Waals surface area contributed by atoms with Crippen LogP contribution in [0.15, 0.2) is 18.2 Å². The Morgan fingerprint density at radius 2 is 1.71 bits per heavy atom. The lowest BCUT2D eigenvalue weighted by atomic mass is 10.1. The van der Waals surface area contributed by atoms with Crippen LogP contribution in [-0.2, 0) is 4.74 Å². The highest BCUT2D eigenvalue weighted by Crippen LogP contribution is 2.19. The van der Waals surface area contributed by atoms with Crippen LogP contribution in [0.2, 0.25) is 0 Å². The molecule has 1 aromatic carbocycles. The first-order valence-electron chi connectivity index (χ1n) is 5.88. The summed E-state index contributed by atoms with van der Waals surface area (Å²) >= 11 is 0. The van der Waals surface area contributed by atoms with Gasteiger partial charge in [-0.15, -0.1) is 0 Å². The molecular formula is C14H20O3. The van der Waals surface area contributed by atoms with Crippen LogP contribution in [-0.4, -0.2) is 18.2 Å². The Morgan fingerprint density at radius 3 is 2.24 bits per heavy atom. The van der Waals surface area contributed by atoms with Crippen LogP contribution in [0.1, 0.15) is 43.6 Å². The van der Waals surface area contributed by atoms with Crippen LogP contribution >= 0.6 is 0 Å². The molecule has 3 heteroatoms. The molecule has 3 nitrogen and oxygen atoms in total. The predicted octanol–water partition coefficient (Wildman–Crippen LogP) is 3.35. The average molecular weight is 236 g/mol. The largest absolute Gasteiger partial charge is 0.491 e. The van der Waals surface area contributed by atoms with Gasteiger partial charge in [-0.3, -0.25) is 0 Å². The molecule has 0 saturated heterocycles.